The normalized spacial score (nSPS) is 12.4. The Hall–Kier alpha value is -2.93. The highest BCUT2D eigenvalue weighted by molar-refractivity contribution is 9.08. The van der Waals surface area contributed by atoms with Gasteiger partial charge < -0.3 is 5.32 Å². The van der Waals surface area contributed by atoms with Crippen LogP contribution >= 0.6 is 15.9 Å². The van der Waals surface area contributed by atoms with Crippen LogP contribution in [-0.2, 0) is 11.8 Å². The van der Waals surface area contributed by atoms with Crippen molar-refractivity contribution < 1.29 is 5.32 Å². The zero-order valence-corrected chi connectivity index (χ0v) is 21.5. The molecule has 1 unspecified atom stereocenters. The molecule has 0 aliphatic heterocycles. The maximum Gasteiger partial charge on any atom is 0.133 e. The van der Waals surface area contributed by atoms with Crippen LogP contribution in [0.15, 0.2) is 84.9 Å². The molecule has 33 heavy (non-hydrogen) atoms. The van der Waals surface area contributed by atoms with E-state index in [1.54, 1.807) is 0 Å². The summed E-state index contributed by atoms with van der Waals surface area (Å²) in [5.41, 5.74) is 6.90. The predicted octanol–water partition coefficient (Wildman–Crippen LogP) is 7.12. The standard InChI is InChI=1S/C29H28N2.CH3Br/c1-4-29(2,28-26-12-8-5-9-22(26)17-18-27(28)31-3)19-21-13-15-23(16-14-21)25-11-7-6-10-24(25)20-30;1-2/h5-18,31H,4,19H2,1-3H3;1H3/p+1. The minimum absolute atomic E-state index is 0.0226. The van der Waals surface area contributed by atoms with Crippen LogP contribution in [-0.4, -0.2) is 12.9 Å². The smallest absolute Gasteiger partial charge is 0.133 e. The second kappa shape index (κ2) is 11.3. The summed E-state index contributed by atoms with van der Waals surface area (Å²) in [4.78, 5) is 0. The van der Waals surface area contributed by atoms with Gasteiger partial charge >= 0.3 is 0 Å². The number of alkyl halides is 1. The number of fused-ring (bicyclic) bond motifs is 1. The lowest BCUT2D eigenvalue weighted by Gasteiger charge is -2.31. The van der Waals surface area contributed by atoms with E-state index >= 15 is 0 Å². The summed E-state index contributed by atoms with van der Waals surface area (Å²) in [6, 6.07) is 32.0. The molecule has 0 saturated heterocycles. The molecule has 4 aromatic carbocycles. The first kappa shape index (κ1) is 24.7. The van der Waals surface area contributed by atoms with Crippen molar-refractivity contribution in [2.45, 2.75) is 32.1 Å². The van der Waals surface area contributed by atoms with Crippen molar-refractivity contribution in [3.8, 4) is 17.2 Å². The van der Waals surface area contributed by atoms with E-state index < -0.39 is 0 Å². The Morgan fingerprint density at radius 2 is 1.55 bits per heavy atom. The number of rotatable bonds is 6. The van der Waals surface area contributed by atoms with Crippen LogP contribution < -0.4 is 5.32 Å². The average Bonchev–Trinajstić information content (AvgIpc) is 2.89. The van der Waals surface area contributed by atoms with E-state index in [4.69, 9.17) is 0 Å². The molecule has 0 fully saturated rings. The van der Waals surface area contributed by atoms with Crippen molar-refractivity contribution in [2.75, 3.05) is 12.9 Å². The SMILES string of the molecule is CBr.CCC(C)(Cc1ccc(-c2ccccc2C#N)cc1)c1c([NH2+]C)ccc2ccccc12. The molecule has 0 bridgehead atoms. The van der Waals surface area contributed by atoms with Gasteiger partial charge in [-0.15, -0.1) is 0 Å². The van der Waals surface area contributed by atoms with Crippen molar-refractivity contribution in [3.05, 3.63) is 102 Å². The molecule has 0 amide bonds. The van der Waals surface area contributed by atoms with Gasteiger partial charge in [-0.2, -0.15) is 5.26 Å². The fourth-order valence-electron chi connectivity index (χ4n) is 4.68. The van der Waals surface area contributed by atoms with E-state index in [1.807, 2.05) is 30.1 Å². The average molecular weight is 501 g/mol. The number of nitrogens with zero attached hydrogens (tertiary/aromatic N) is 1. The van der Waals surface area contributed by atoms with Crippen LogP contribution in [0, 0.1) is 11.3 Å². The van der Waals surface area contributed by atoms with Gasteiger partial charge in [0.15, 0.2) is 0 Å². The first-order valence-corrected chi connectivity index (χ1v) is 13.0. The van der Waals surface area contributed by atoms with Gasteiger partial charge in [0.1, 0.15) is 5.69 Å². The monoisotopic (exact) mass is 499 g/mol. The van der Waals surface area contributed by atoms with Crippen LogP contribution in [0.2, 0.25) is 0 Å². The fraction of sp³-hybridized carbons (Fsp3) is 0.233. The molecular weight excluding hydrogens is 468 g/mol. The van der Waals surface area contributed by atoms with Gasteiger partial charge in [-0.3, -0.25) is 0 Å². The van der Waals surface area contributed by atoms with Crippen molar-refractivity contribution >= 4 is 32.4 Å². The second-order valence-electron chi connectivity index (χ2n) is 8.48. The van der Waals surface area contributed by atoms with Gasteiger partial charge in [0.05, 0.1) is 18.7 Å². The third-order valence-corrected chi connectivity index (χ3v) is 6.56. The van der Waals surface area contributed by atoms with Crippen LogP contribution in [0.4, 0.5) is 5.69 Å². The second-order valence-corrected chi connectivity index (χ2v) is 8.48. The third-order valence-electron chi connectivity index (χ3n) is 6.56. The van der Waals surface area contributed by atoms with E-state index in [1.165, 1.54) is 27.6 Å². The Kier molecular flexibility index (Phi) is 8.44. The number of nitrogens with two attached hydrogens (primary N) is 1. The molecule has 0 radical (unpaired) electrons. The maximum atomic E-state index is 9.43. The summed E-state index contributed by atoms with van der Waals surface area (Å²) in [6.07, 6.45) is 2.03. The van der Waals surface area contributed by atoms with Gasteiger partial charge in [-0.05, 0) is 64.3 Å². The van der Waals surface area contributed by atoms with E-state index in [9.17, 15) is 5.26 Å². The number of hydrogen-bond donors (Lipinski definition) is 1. The molecule has 2 N–H and O–H groups in total. The number of hydrogen-bond acceptors (Lipinski definition) is 1. The largest absolute Gasteiger partial charge is 0.316 e. The minimum atomic E-state index is 0.0226. The Morgan fingerprint density at radius 1 is 0.879 bits per heavy atom. The molecule has 0 heterocycles. The molecule has 3 heteroatoms. The number of quaternary nitrogens is 1. The molecule has 2 nitrogen and oxygen atoms in total. The molecule has 168 valence electrons. The fourth-order valence-corrected chi connectivity index (χ4v) is 4.68. The topological polar surface area (TPSA) is 40.4 Å². The summed E-state index contributed by atoms with van der Waals surface area (Å²) < 4.78 is 0. The van der Waals surface area contributed by atoms with Crippen molar-refractivity contribution in [3.63, 3.8) is 0 Å². The molecular formula is C30H32BrN2+. The molecule has 4 aromatic rings. The Balaban J connectivity index is 0.00000149. The molecule has 0 aromatic heterocycles. The highest BCUT2D eigenvalue weighted by atomic mass is 79.9. The Bertz CT molecular complexity index is 1250. The lowest BCUT2D eigenvalue weighted by Crippen LogP contribution is -2.73. The number of halogens is 1. The van der Waals surface area contributed by atoms with Crippen molar-refractivity contribution in [2.24, 2.45) is 0 Å². The summed E-state index contributed by atoms with van der Waals surface area (Å²) in [6.45, 7) is 4.68. The minimum Gasteiger partial charge on any atom is -0.316 e. The number of benzene rings is 4. The third kappa shape index (κ3) is 5.19. The predicted molar refractivity (Wildman–Crippen MR) is 144 cm³/mol. The molecule has 0 aliphatic rings. The summed E-state index contributed by atoms with van der Waals surface area (Å²) in [7, 11) is 2.13. The summed E-state index contributed by atoms with van der Waals surface area (Å²) >= 11 is 2.94. The van der Waals surface area contributed by atoms with Gasteiger partial charge in [-0.25, -0.2) is 0 Å². The first-order chi connectivity index (χ1) is 16.1. The lowest BCUT2D eigenvalue weighted by atomic mass is 9.72. The molecule has 0 spiro atoms. The first-order valence-electron chi connectivity index (χ1n) is 11.4. The zero-order chi connectivity index (χ0) is 23.8. The van der Waals surface area contributed by atoms with E-state index in [0.29, 0.717) is 5.56 Å². The molecule has 0 aliphatic carbocycles. The van der Waals surface area contributed by atoms with Gasteiger partial charge in [0.25, 0.3) is 0 Å². The lowest BCUT2D eigenvalue weighted by molar-refractivity contribution is -0.540. The Labute approximate surface area is 206 Å². The van der Waals surface area contributed by atoms with E-state index in [0.717, 1.165) is 24.0 Å². The number of nitriles is 1. The van der Waals surface area contributed by atoms with Gasteiger partial charge in [0, 0.05) is 11.0 Å². The van der Waals surface area contributed by atoms with Gasteiger partial charge in [0.2, 0.25) is 0 Å². The maximum absolute atomic E-state index is 9.43. The van der Waals surface area contributed by atoms with Crippen LogP contribution in [0.3, 0.4) is 0 Å². The molecule has 1 atom stereocenters. The summed E-state index contributed by atoms with van der Waals surface area (Å²) in [5.74, 6) is 1.81. The van der Waals surface area contributed by atoms with Crippen LogP contribution in [0.5, 0.6) is 0 Å². The van der Waals surface area contributed by atoms with E-state index in [2.05, 4.69) is 109 Å². The van der Waals surface area contributed by atoms with E-state index in [-0.39, 0.29) is 5.41 Å². The highest BCUT2D eigenvalue weighted by Crippen LogP contribution is 2.39. The molecule has 4 rings (SSSR count). The quantitative estimate of drug-likeness (QED) is 0.222. The highest BCUT2D eigenvalue weighted by Gasteiger charge is 2.31. The zero-order valence-electron chi connectivity index (χ0n) is 19.9. The Morgan fingerprint density at radius 3 is 2.21 bits per heavy atom. The van der Waals surface area contributed by atoms with Crippen molar-refractivity contribution in [1.29, 1.82) is 5.26 Å². The van der Waals surface area contributed by atoms with Crippen LogP contribution in [0.1, 0.15) is 37.0 Å². The molecule has 0 saturated carbocycles. The van der Waals surface area contributed by atoms with Crippen molar-refractivity contribution in [1.82, 2.24) is 0 Å². The van der Waals surface area contributed by atoms with Gasteiger partial charge in [-0.1, -0.05) is 96.5 Å². The summed E-state index contributed by atoms with van der Waals surface area (Å²) in [5, 5.41) is 14.3. The van der Waals surface area contributed by atoms with Crippen LogP contribution in [0.25, 0.3) is 21.9 Å².